The van der Waals surface area contributed by atoms with Crippen LogP contribution in [0.3, 0.4) is 0 Å². The van der Waals surface area contributed by atoms with E-state index in [2.05, 4.69) is 0 Å². The quantitative estimate of drug-likeness (QED) is 0.774. The summed E-state index contributed by atoms with van der Waals surface area (Å²) in [5.41, 5.74) is -0.926. The predicted molar refractivity (Wildman–Crippen MR) is 66.3 cm³/mol. The summed E-state index contributed by atoms with van der Waals surface area (Å²) in [6.45, 7) is 4.63. The fraction of sp³-hybridized carbons (Fsp3) is 0.833. The van der Waals surface area contributed by atoms with Gasteiger partial charge in [-0.1, -0.05) is 0 Å². The first kappa shape index (κ1) is 14.8. The van der Waals surface area contributed by atoms with Crippen molar-refractivity contribution in [2.45, 2.75) is 32.3 Å². The molecule has 6 nitrogen and oxygen atoms in total. The molecule has 1 atom stereocenters. The van der Waals surface area contributed by atoms with Crippen LogP contribution in [0.4, 0.5) is 4.79 Å². The molecule has 0 aliphatic carbocycles. The molecule has 0 aromatic heterocycles. The molecule has 1 fully saturated rings. The van der Waals surface area contributed by atoms with Crippen LogP contribution in [0.5, 0.6) is 0 Å². The second-order valence-corrected chi connectivity index (χ2v) is 5.65. The molecule has 0 aromatic carbocycles. The molecule has 0 spiro atoms. The Hall–Kier alpha value is -1.30. The van der Waals surface area contributed by atoms with Crippen molar-refractivity contribution in [1.82, 2.24) is 9.80 Å². The molecule has 1 rings (SSSR count). The number of aliphatic hydroxyl groups is 1. The Morgan fingerprint density at radius 2 is 2.06 bits per heavy atom. The predicted octanol–water partition coefficient (Wildman–Crippen LogP) is 0.606. The first-order valence-electron chi connectivity index (χ1n) is 6.13. The lowest BCUT2D eigenvalue weighted by atomic mass is 10.1. The van der Waals surface area contributed by atoms with Gasteiger partial charge >= 0.3 is 12.0 Å². The van der Waals surface area contributed by atoms with E-state index in [0.717, 1.165) is 6.42 Å². The molecule has 1 unspecified atom stereocenters. The van der Waals surface area contributed by atoms with Crippen LogP contribution in [-0.4, -0.2) is 64.3 Å². The second-order valence-electron chi connectivity index (χ2n) is 5.65. The summed E-state index contributed by atoms with van der Waals surface area (Å²) in [6.07, 6.45) is 0.841. The highest BCUT2D eigenvalue weighted by Crippen LogP contribution is 2.20. The Bertz CT molecular complexity index is 325. The van der Waals surface area contributed by atoms with Gasteiger partial charge in [0, 0.05) is 26.6 Å². The Labute approximate surface area is 107 Å². The van der Waals surface area contributed by atoms with Gasteiger partial charge in [-0.15, -0.1) is 0 Å². The average Bonchev–Trinajstić information content (AvgIpc) is 2.61. The van der Waals surface area contributed by atoms with Gasteiger partial charge in [0.1, 0.15) is 0 Å². The number of likely N-dealkylation sites (N-methyl/N-ethyl adjacent to an activating group) is 1. The van der Waals surface area contributed by atoms with E-state index in [1.54, 1.807) is 25.8 Å². The number of likely N-dealkylation sites (tertiary alicyclic amines) is 1. The Morgan fingerprint density at radius 3 is 2.56 bits per heavy atom. The summed E-state index contributed by atoms with van der Waals surface area (Å²) < 4.78 is 0. The van der Waals surface area contributed by atoms with Gasteiger partial charge in [-0.05, 0) is 26.2 Å². The zero-order valence-electron chi connectivity index (χ0n) is 11.2. The maximum absolute atomic E-state index is 12.0. The van der Waals surface area contributed by atoms with Crippen molar-refractivity contribution in [3.8, 4) is 0 Å². The average molecular weight is 258 g/mol. The third-order valence-electron chi connectivity index (χ3n) is 2.97. The van der Waals surface area contributed by atoms with Gasteiger partial charge in [0.25, 0.3) is 0 Å². The van der Waals surface area contributed by atoms with Gasteiger partial charge in [0.15, 0.2) is 0 Å². The molecular formula is C12H22N2O4. The summed E-state index contributed by atoms with van der Waals surface area (Å²) in [5.74, 6) is -0.777. The summed E-state index contributed by atoms with van der Waals surface area (Å²) in [4.78, 5) is 25.8. The topological polar surface area (TPSA) is 81.1 Å². The van der Waals surface area contributed by atoms with Crippen molar-refractivity contribution < 1.29 is 19.8 Å². The van der Waals surface area contributed by atoms with Crippen molar-refractivity contribution in [2.75, 3.05) is 26.7 Å². The van der Waals surface area contributed by atoms with Gasteiger partial charge in [0.05, 0.1) is 12.1 Å². The van der Waals surface area contributed by atoms with Gasteiger partial charge in [-0.2, -0.15) is 0 Å². The first-order valence-corrected chi connectivity index (χ1v) is 6.13. The van der Waals surface area contributed by atoms with Crippen molar-refractivity contribution in [3.05, 3.63) is 0 Å². The molecule has 0 bridgehead atoms. The normalized spacial score (nSPS) is 20.0. The third kappa shape index (κ3) is 4.52. The smallest absolute Gasteiger partial charge is 0.319 e. The van der Waals surface area contributed by atoms with Crippen LogP contribution in [0, 0.1) is 5.92 Å². The zero-order valence-corrected chi connectivity index (χ0v) is 11.2. The number of carbonyl (C=O) groups is 2. The highest BCUT2D eigenvalue weighted by Gasteiger charge is 2.30. The highest BCUT2D eigenvalue weighted by atomic mass is 16.4. The minimum Gasteiger partial charge on any atom is -0.481 e. The van der Waals surface area contributed by atoms with Crippen molar-refractivity contribution in [2.24, 2.45) is 5.92 Å². The third-order valence-corrected chi connectivity index (χ3v) is 2.97. The number of carboxylic acids is 1. The molecule has 2 N–H and O–H groups in total. The Balaban J connectivity index is 2.46. The van der Waals surface area contributed by atoms with Gasteiger partial charge in [-0.25, -0.2) is 4.79 Å². The van der Waals surface area contributed by atoms with E-state index >= 15 is 0 Å². The first-order chi connectivity index (χ1) is 8.19. The van der Waals surface area contributed by atoms with Crippen molar-refractivity contribution in [1.29, 1.82) is 0 Å². The molecule has 6 heteroatoms. The van der Waals surface area contributed by atoms with E-state index < -0.39 is 11.6 Å². The molecule has 0 radical (unpaired) electrons. The lowest BCUT2D eigenvalue weighted by Gasteiger charge is -2.29. The molecule has 18 heavy (non-hydrogen) atoms. The number of hydrogen-bond acceptors (Lipinski definition) is 3. The van der Waals surface area contributed by atoms with Crippen molar-refractivity contribution >= 4 is 12.0 Å². The Kier molecular flexibility index (Phi) is 4.56. The molecule has 1 heterocycles. The molecule has 1 saturated heterocycles. The SMILES string of the molecule is CN(CC(C)(C)O)C(=O)N1CCC(CC(=O)O)C1. The van der Waals surface area contributed by atoms with E-state index in [1.165, 1.54) is 4.90 Å². The fourth-order valence-corrected chi connectivity index (χ4v) is 2.31. The van der Waals surface area contributed by atoms with Crippen LogP contribution in [0.25, 0.3) is 0 Å². The van der Waals surface area contributed by atoms with E-state index in [4.69, 9.17) is 5.11 Å². The zero-order chi connectivity index (χ0) is 13.9. The summed E-state index contributed by atoms with van der Waals surface area (Å²) in [5, 5.41) is 18.4. The molecule has 104 valence electrons. The standard InChI is InChI=1S/C12H22N2O4/c1-12(2,18)8-13(3)11(17)14-5-4-9(7-14)6-10(15)16/h9,18H,4-8H2,1-3H3,(H,15,16). The van der Waals surface area contributed by atoms with Gasteiger partial charge < -0.3 is 20.0 Å². The van der Waals surface area contributed by atoms with Crippen LogP contribution in [-0.2, 0) is 4.79 Å². The summed E-state index contributed by atoms with van der Waals surface area (Å²) >= 11 is 0. The van der Waals surface area contributed by atoms with Crippen LogP contribution < -0.4 is 0 Å². The van der Waals surface area contributed by atoms with E-state index in [9.17, 15) is 14.7 Å². The lowest BCUT2D eigenvalue weighted by Crippen LogP contribution is -2.45. The van der Waals surface area contributed by atoms with Gasteiger partial charge in [-0.3, -0.25) is 4.79 Å². The number of urea groups is 1. The highest BCUT2D eigenvalue weighted by molar-refractivity contribution is 5.75. The number of rotatable bonds is 4. The lowest BCUT2D eigenvalue weighted by molar-refractivity contribution is -0.138. The largest absolute Gasteiger partial charge is 0.481 e. The van der Waals surface area contributed by atoms with E-state index in [-0.39, 0.29) is 24.9 Å². The van der Waals surface area contributed by atoms with Crippen LogP contribution in [0.2, 0.25) is 0 Å². The number of hydrogen-bond donors (Lipinski definition) is 2. The van der Waals surface area contributed by atoms with Gasteiger partial charge in [0.2, 0.25) is 0 Å². The molecule has 1 aliphatic rings. The number of aliphatic carboxylic acids is 1. The molecule has 1 aliphatic heterocycles. The van der Waals surface area contributed by atoms with Crippen LogP contribution in [0.15, 0.2) is 0 Å². The molecule has 0 aromatic rings. The Morgan fingerprint density at radius 1 is 1.44 bits per heavy atom. The minimum atomic E-state index is -0.926. The van der Waals surface area contributed by atoms with Crippen LogP contribution in [0.1, 0.15) is 26.7 Å². The maximum atomic E-state index is 12.0. The minimum absolute atomic E-state index is 0.0435. The van der Waals surface area contributed by atoms with Crippen molar-refractivity contribution in [3.63, 3.8) is 0 Å². The number of amides is 2. The molecular weight excluding hydrogens is 236 g/mol. The van der Waals surface area contributed by atoms with E-state index in [1.807, 2.05) is 0 Å². The maximum Gasteiger partial charge on any atom is 0.319 e. The molecule has 2 amide bonds. The monoisotopic (exact) mass is 258 g/mol. The number of carbonyl (C=O) groups excluding carboxylic acids is 1. The number of nitrogens with zero attached hydrogens (tertiary/aromatic N) is 2. The summed E-state index contributed by atoms with van der Waals surface area (Å²) in [7, 11) is 1.64. The fourth-order valence-electron chi connectivity index (χ4n) is 2.31. The number of carboxylic acid groups (broad SMARTS) is 1. The van der Waals surface area contributed by atoms with E-state index in [0.29, 0.717) is 13.1 Å². The van der Waals surface area contributed by atoms with Crippen LogP contribution >= 0.6 is 0 Å². The second kappa shape index (κ2) is 5.56. The molecule has 0 saturated carbocycles. The summed E-state index contributed by atoms with van der Waals surface area (Å²) in [6, 6.07) is -0.148.